The molecule has 4 aromatic rings. The van der Waals surface area contributed by atoms with Gasteiger partial charge in [0.05, 0.1) is 0 Å². The number of hydrogen-bond acceptors (Lipinski definition) is 5. The molecule has 5 rings (SSSR count). The van der Waals surface area contributed by atoms with Gasteiger partial charge in [0.15, 0.2) is 5.82 Å². The molecule has 0 radical (unpaired) electrons. The summed E-state index contributed by atoms with van der Waals surface area (Å²) in [5.41, 5.74) is 1.95. The summed E-state index contributed by atoms with van der Waals surface area (Å²) in [4.78, 5) is 4.43. The van der Waals surface area contributed by atoms with E-state index in [1.165, 1.54) is 23.6 Å². The van der Waals surface area contributed by atoms with E-state index in [1.807, 2.05) is 12.4 Å². The van der Waals surface area contributed by atoms with Gasteiger partial charge < -0.3 is 10.6 Å². The Hall–Kier alpha value is -3.15. The maximum Gasteiger partial charge on any atom is 0.203 e. The maximum atomic E-state index is 4.43. The Morgan fingerprint density at radius 3 is 2.73 bits per heavy atom. The summed E-state index contributed by atoms with van der Waals surface area (Å²) < 4.78 is 2.06. The fourth-order valence-corrected chi connectivity index (χ4v) is 3.35. The van der Waals surface area contributed by atoms with Crippen LogP contribution in [0.4, 0.5) is 11.5 Å². The summed E-state index contributed by atoms with van der Waals surface area (Å²) in [5.74, 6) is 2.40. The van der Waals surface area contributed by atoms with E-state index >= 15 is 0 Å². The minimum Gasteiger partial charge on any atom is -0.383 e. The highest BCUT2D eigenvalue weighted by Gasteiger charge is 2.29. The van der Waals surface area contributed by atoms with Gasteiger partial charge in [-0.05, 0) is 24.3 Å². The molecule has 2 N–H and O–H groups in total. The second kappa shape index (κ2) is 6.29. The molecule has 1 fully saturated rings. The SMILES string of the molecule is c1ccc2c(NCCNc3nccn4c(C5CC5)nnc34)cccc2c1. The first-order chi connectivity index (χ1) is 12.9. The summed E-state index contributed by atoms with van der Waals surface area (Å²) in [6.45, 7) is 1.54. The van der Waals surface area contributed by atoms with Gasteiger partial charge in [-0.3, -0.25) is 4.40 Å². The molecule has 26 heavy (non-hydrogen) atoms. The van der Waals surface area contributed by atoms with Gasteiger partial charge in [0.25, 0.3) is 0 Å². The molecule has 2 aromatic carbocycles. The van der Waals surface area contributed by atoms with Crippen LogP contribution in [0.2, 0.25) is 0 Å². The summed E-state index contributed by atoms with van der Waals surface area (Å²) in [5, 5.41) is 18.0. The lowest BCUT2D eigenvalue weighted by molar-refractivity contribution is 0.894. The Morgan fingerprint density at radius 1 is 0.962 bits per heavy atom. The van der Waals surface area contributed by atoms with Gasteiger partial charge in [-0.1, -0.05) is 36.4 Å². The van der Waals surface area contributed by atoms with Crippen LogP contribution in [-0.2, 0) is 0 Å². The third-order valence-electron chi connectivity index (χ3n) is 4.82. The second-order valence-corrected chi connectivity index (χ2v) is 6.68. The monoisotopic (exact) mass is 344 g/mol. The standard InChI is InChI=1S/C20H20N6/c1-2-6-16-14(4-1)5-3-7-17(16)21-10-11-22-18-20-25-24-19(15-8-9-15)26(20)13-12-23-18/h1-7,12-13,15,21H,8-11H2,(H,22,23). The average molecular weight is 344 g/mol. The van der Waals surface area contributed by atoms with E-state index in [1.54, 1.807) is 0 Å². The van der Waals surface area contributed by atoms with Crippen molar-refractivity contribution in [2.24, 2.45) is 0 Å². The number of fused-ring (bicyclic) bond motifs is 2. The molecule has 0 unspecified atom stereocenters. The first-order valence-corrected chi connectivity index (χ1v) is 9.05. The van der Waals surface area contributed by atoms with Crippen molar-refractivity contribution in [3.05, 3.63) is 60.7 Å². The number of aromatic nitrogens is 4. The van der Waals surface area contributed by atoms with E-state index in [4.69, 9.17) is 0 Å². The van der Waals surface area contributed by atoms with Gasteiger partial charge in [0, 0.05) is 42.5 Å². The van der Waals surface area contributed by atoms with Gasteiger partial charge in [-0.25, -0.2) is 4.98 Å². The molecule has 0 bridgehead atoms. The van der Waals surface area contributed by atoms with Gasteiger partial charge in [-0.2, -0.15) is 0 Å². The predicted octanol–water partition coefficient (Wildman–Crippen LogP) is 3.68. The van der Waals surface area contributed by atoms with Gasteiger partial charge in [-0.15, -0.1) is 10.2 Å². The highest BCUT2D eigenvalue weighted by atomic mass is 15.3. The molecule has 6 heteroatoms. The van der Waals surface area contributed by atoms with Crippen molar-refractivity contribution in [3.8, 4) is 0 Å². The minimum absolute atomic E-state index is 0.563. The van der Waals surface area contributed by atoms with E-state index in [2.05, 4.69) is 72.7 Å². The zero-order valence-electron chi connectivity index (χ0n) is 14.4. The highest BCUT2D eigenvalue weighted by Crippen LogP contribution is 2.39. The van der Waals surface area contributed by atoms with Crippen LogP contribution in [0.1, 0.15) is 24.6 Å². The first-order valence-electron chi connectivity index (χ1n) is 9.05. The maximum absolute atomic E-state index is 4.43. The third kappa shape index (κ3) is 2.73. The van der Waals surface area contributed by atoms with E-state index < -0.39 is 0 Å². The Labute approximate surface area is 151 Å². The summed E-state index contributed by atoms with van der Waals surface area (Å²) in [6.07, 6.45) is 6.17. The normalized spacial score (nSPS) is 14.0. The minimum atomic E-state index is 0.563. The topological polar surface area (TPSA) is 67.1 Å². The van der Waals surface area contributed by atoms with Crippen LogP contribution >= 0.6 is 0 Å². The summed E-state index contributed by atoms with van der Waals surface area (Å²) >= 11 is 0. The quantitative estimate of drug-likeness (QED) is 0.522. The molecule has 0 atom stereocenters. The number of nitrogens with one attached hydrogen (secondary N) is 2. The largest absolute Gasteiger partial charge is 0.383 e. The Bertz CT molecular complexity index is 1060. The first kappa shape index (κ1) is 15.1. The van der Waals surface area contributed by atoms with Crippen LogP contribution in [0, 0.1) is 0 Å². The van der Waals surface area contributed by atoms with Crippen LogP contribution in [0.3, 0.4) is 0 Å². The molecular weight excluding hydrogens is 324 g/mol. The molecule has 0 amide bonds. The van der Waals surface area contributed by atoms with Gasteiger partial charge in [0.1, 0.15) is 5.82 Å². The summed E-state index contributed by atoms with van der Waals surface area (Å²) in [6, 6.07) is 14.7. The van der Waals surface area contributed by atoms with Crippen LogP contribution in [0.5, 0.6) is 0 Å². The number of anilines is 2. The average Bonchev–Trinajstić information content (AvgIpc) is 3.44. The van der Waals surface area contributed by atoms with Crippen molar-refractivity contribution in [1.82, 2.24) is 19.6 Å². The smallest absolute Gasteiger partial charge is 0.203 e. The fraction of sp³-hybridized carbons (Fsp3) is 0.250. The molecule has 2 heterocycles. The lowest BCUT2D eigenvalue weighted by Crippen LogP contribution is -2.15. The van der Waals surface area contributed by atoms with Crippen LogP contribution < -0.4 is 10.6 Å². The van der Waals surface area contributed by atoms with Crippen molar-refractivity contribution in [2.45, 2.75) is 18.8 Å². The van der Waals surface area contributed by atoms with Crippen LogP contribution in [0.15, 0.2) is 54.9 Å². The molecule has 6 nitrogen and oxygen atoms in total. The van der Waals surface area contributed by atoms with Crippen molar-refractivity contribution < 1.29 is 0 Å². The highest BCUT2D eigenvalue weighted by molar-refractivity contribution is 5.93. The number of nitrogens with zero attached hydrogens (tertiary/aromatic N) is 4. The van der Waals surface area contributed by atoms with E-state index in [0.29, 0.717) is 5.92 Å². The molecule has 1 saturated carbocycles. The Balaban J connectivity index is 1.28. The zero-order valence-corrected chi connectivity index (χ0v) is 14.4. The zero-order chi connectivity index (χ0) is 17.3. The Kier molecular flexibility index (Phi) is 3.66. The molecule has 2 aromatic heterocycles. The van der Waals surface area contributed by atoms with Crippen LogP contribution in [0.25, 0.3) is 16.4 Å². The lowest BCUT2D eigenvalue weighted by atomic mass is 10.1. The van der Waals surface area contributed by atoms with E-state index in [9.17, 15) is 0 Å². The Morgan fingerprint density at radius 2 is 1.81 bits per heavy atom. The van der Waals surface area contributed by atoms with E-state index in [0.717, 1.165) is 36.1 Å². The molecule has 0 aliphatic heterocycles. The second-order valence-electron chi connectivity index (χ2n) is 6.68. The number of benzene rings is 2. The molecular formula is C20H20N6. The van der Waals surface area contributed by atoms with Crippen molar-refractivity contribution >= 4 is 27.9 Å². The molecule has 130 valence electrons. The van der Waals surface area contributed by atoms with Crippen molar-refractivity contribution in [2.75, 3.05) is 23.7 Å². The summed E-state index contributed by atoms with van der Waals surface area (Å²) in [7, 11) is 0. The van der Waals surface area contributed by atoms with Crippen molar-refractivity contribution in [3.63, 3.8) is 0 Å². The van der Waals surface area contributed by atoms with Crippen LogP contribution in [-0.4, -0.2) is 32.7 Å². The van der Waals surface area contributed by atoms with Crippen molar-refractivity contribution in [1.29, 1.82) is 0 Å². The fourth-order valence-electron chi connectivity index (χ4n) is 3.35. The molecule has 1 aliphatic rings. The molecule has 0 saturated heterocycles. The number of hydrogen-bond donors (Lipinski definition) is 2. The van der Waals surface area contributed by atoms with E-state index in [-0.39, 0.29) is 0 Å². The molecule has 0 spiro atoms. The third-order valence-corrected chi connectivity index (χ3v) is 4.82. The van der Waals surface area contributed by atoms with Gasteiger partial charge >= 0.3 is 0 Å². The van der Waals surface area contributed by atoms with Gasteiger partial charge in [0.2, 0.25) is 5.65 Å². The number of rotatable bonds is 6. The molecule has 1 aliphatic carbocycles. The lowest BCUT2D eigenvalue weighted by Gasteiger charge is -2.11. The predicted molar refractivity (Wildman–Crippen MR) is 104 cm³/mol.